The minimum atomic E-state index is -0.260. The van der Waals surface area contributed by atoms with E-state index in [4.69, 9.17) is 11.6 Å². The molecule has 0 amide bonds. The van der Waals surface area contributed by atoms with E-state index in [1.807, 2.05) is 19.2 Å². The van der Waals surface area contributed by atoms with Crippen LogP contribution in [-0.2, 0) is 6.42 Å². The highest BCUT2D eigenvalue weighted by Gasteiger charge is 2.34. The zero-order valence-corrected chi connectivity index (χ0v) is 12.6. The van der Waals surface area contributed by atoms with Crippen LogP contribution in [0.4, 0.5) is 4.39 Å². The van der Waals surface area contributed by atoms with Crippen molar-refractivity contribution in [3.63, 3.8) is 0 Å². The topological polar surface area (TPSA) is 12.0 Å². The van der Waals surface area contributed by atoms with Crippen molar-refractivity contribution in [1.82, 2.24) is 5.32 Å². The predicted octanol–water partition coefficient (Wildman–Crippen LogP) is 4.58. The summed E-state index contributed by atoms with van der Waals surface area (Å²) in [6, 6.07) is 5.59. The highest BCUT2D eigenvalue weighted by atomic mass is 35.5. The lowest BCUT2D eigenvalue weighted by molar-refractivity contribution is 0.148. The number of hydrogen-bond donors (Lipinski definition) is 1. The molecule has 0 aliphatic heterocycles. The Balaban J connectivity index is 2.16. The molecule has 1 aromatic carbocycles. The van der Waals surface area contributed by atoms with Gasteiger partial charge < -0.3 is 5.32 Å². The molecule has 3 heteroatoms. The lowest BCUT2D eigenvalue weighted by Gasteiger charge is -2.41. The fourth-order valence-electron chi connectivity index (χ4n) is 3.33. The third-order valence-electron chi connectivity index (χ3n) is 4.64. The van der Waals surface area contributed by atoms with Gasteiger partial charge in [-0.3, -0.25) is 0 Å². The molecule has 1 aliphatic rings. The van der Waals surface area contributed by atoms with E-state index in [0.29, 0.717) is 12.5 Å². The van der Waals surface area contributed by atoms with E-state index in [2.05, 4.69) is 12.2 Å². The highest BCUT2D eigenvalue weighted by Crippen LogP contribution is 2.40. The van der Waals surface area contributed by atoms with E-state index in [9.17, 15) is 4.39 Å². The van der Waals surface area contributed by atoms with Gasteiger partial charge in [0.15, 0.2) is 0 Å². The molecule has 0 aromatic heterocycles. The van der Waals surface area contributed by atoms with Crippen molar-refractivity contribution >= 4 is 11.6 Å². The van der Waals surface area contributed by atoms with Gasteiger partial charge in [0, 0.05) is 6.04 Å². The molecule has 0 spiro atoms. The summed E-state index contributed by atoms with van der Waals surface area (Å²) in [4.78, 5) is 0. The smallest absolute Gasteiger partial charge is 0.145 e. The van der Waals surface area contributed by atoms with Crippen molar-refractivity contribution in [2.45, 2.75) is 51.5 Å². The van der Waals surface area contributed by atoms with E-state index in [1.165, 1.54) is 32.1 Å². The first-order valence-electron chi connectivity index (χ1n) is 7.17. The zero-order valence-electron chi connectivity index (χ0n) is 11.8. The average Bonchev–Trinajstić information content (AvgIpc) is 2.41. The summed E-state index contributed by atoms with van der Waals surface area (Å²) in [5.41, 5.74) is 0.987. The molecule has 2 rings (SSSR count). The molecule has 1 saturated carbocycles. The Morgan fingerprint density at radius 2 is 2.00 bits per heavy atom. The molecule has 1 atom stereocenters. The van der Waals surface area contributed by atoms with Crippen LogP contribution in [0.3, 0.4) is 0 Å². The maximum absolute atomic E-state index is 14.0. The summed E-state index contributed by atoms with van der Waals surface area (Å²) in [7, 11) is 1.98. The van der Waals surface area contributed by atoms with Crippen molar-refractivity contribution in [2.24, 2.45) is 5.41 Å². The molecule has 1 aromatic rings. The first-order chi connectivity index (χ1) is 9.07. The summed E-state index contributed by atoms with van der Waals surface area (Å²) in [5, 5.41) is 3.62. The van der Waals surface area contributed by atoms with Crippen LogP contribution in [0.25, 0.3) is 0 Å². The first-order valence-corrected chi connectivity index (χ1v) is 7.55. The van der Waals surface area contributed by atoms with Gasteiger partial charge in [-0.05, 0) is 43.4 Å². The van der Waals surface area contributed by atoms with Gasteiger partial charge >= 0.3 is 0 Å². The Kier molecular flexibility index (Phi) is 4.86. The van der Waals surface area contributed by atoms with E-state index >= 15 is 0 Å². The first kappa shape index (κ1) is 14.8. The number of hydrogen-bond acceptors (Lipinski definition) is 1. The molecule has 1 N–H and O–H groups in total. The van der Waals surface area contributed by atoms with Crippen LogP contribution < -0.4 is 5.32 Å². The summed E-state index contributed by atoms with van der Waals surface area (Å²) in [5.74, 6) is -0.260. The SMILES string of the molecule is CNC(Cc1cccc(Cl)c1F)C1(C)CCCCC1. The van der Waals surface area contributed by atoms with Crippen molar-refractivity contribution in [2.75, 3.05) is 7.05 Å². The number of benzene rings is 1. The average molecular weight is 284 g/mol. The van der Waals surface area contributed by atoms with Crippen LogP contribution in [0, 0.1) is 11.2 Å². The molecule has 0 radical (unpaired) electrons. The molecule has 106 valence electrons. The second kappa shape index (κ2) is 6.23. The predicted molar refractivity (Wildman–Crippen MR) is 79.2 cm³/mol. The lowest BCUT2D eigenvalue weighted by Crippen LogP contribution is -2.44. The second-order valence-corrected chi connectivity index (χ2v) is 6.38. The molecule has 1 unspecified atom stereocenters. The molecule has 1 fully saturated rings. The van der Waals surface area contributed by atoms with Crippen molar-refractivity contribution < 1.29 is 4.39 Å². The van der Waals surface area contributed by atoms with Gasteiger partial charge in [-0.1, -0.05) is 49.9 Å². The van der Waals surface area contributed by atoms with Gasteiger partial charge in [-0.15, -0.1) is 0 Å². The van der Waals surface area contributed by atoms with Crippen molar-refractivity contribution in [3.8, 4) is 0 Å². The van der Waals surface area contributed by atoms with Gasteiger partial charge in [0.05, 0.1) is 5.02 Å². The number of halogens is 2. The molecule has 0 bridgehead atoms. The fraction of sp³-hybridized carbons (Fsp3) is 0.625. The van der Waals surface area contributed by atoms with Gasteiger partial charge in [-0.2, -0.15) is 0 Å². The Morgan fingerprint density at radius 1 is 1.32 bits per heavy atom. The Morgan fingerprint density at radius 3 is 2.63 bits per heavy atom. The van der Waals surface area contributed by atoms with Gasteiger partial charge in [-0.25, -0.2) is 4.39 Å². The molecule has 0 heterocycles. The maximum atomic E-state index is 14.0. The van der Waals surface area contributed by atoms with E-state index < -0.39 is 0 Å². The van der Waals surface area contributed by atoms with Crippen LogP contribution in [0.5, 0.6) is 0 Å². The summed E-state index contributed by atoms with van der Waals surface area (Å²) < 4.78 is 14.0. The fourth-order valence-corrected chi connectivity index (χ4v) is 3.52. The maximum Gasteiger partial charge on any atom is 0.145 e. The Labute approximate surface area is 120 Å². The van der Waals surface area contributed by atoms with E-state index in [1.54, 1.807) is 6.07 Å². The van der Waals surface area contributed by atoms with Crippen molar-refractivity contribution in [1.29, 1.82) is 0 Å². The molecule has 1 nitrogen and oxygen atoms in total. The summed E-state index contributed by atoms with van der Waals surface area (Å²) in [6.07, 6.45) is 7.05. The standard InChI is InChI=1S/C16H23ClFN/c1-16(9-4-3-5-10-16)14(19-2)11-12-7-6-8-13(17)15(12)18/h6-8,14,19H,3-5,9-11H2,1-2H3. The van der Waals surface area contributed by atoms with Gasteiger partial charge in [0.1, 0.15) is 5.82 Å². The Bertz CT molecular complexity index is 427. The normalized spacial score (nSPS) is 20.2. The molecular formula is C16H23ClFN. The monoisotopic (exact) mass is 283 g/mol. The number of nitrogens with one attached hydrogen (secondary N) is 1. The third-order valence-corrected chi connectivity index (χ3v) is 4.93. The number of rotatable bonds is 4. The quantitative estimate of drug-likeness (QED) is 0.853. The molecule has 1 aliphatic carbocycles. The van der Waals surface area contributed by atoms with Crippen LogP contribution in [-0.4, -0.2) is 13.1 Å². The van der Waals surface area contributed by atoms with Gasteiger partial charge in [0.2, 0.25) is 0 Å². The zero-order chi connectivity index (χ0) is 13.9. The highest BCUT2D eigenvalue weighted by molar-refractivity contribution is 6.30. The minimum Gasteiger partial charge on any atom is -0.316 e. The largest absolute Gasteiger partial charge is 0.316 e. The van der Waals surface area contributed by atoms with E-state index in [0.717, 1.165) is 5.56 Å². The molecule has 0 saturated heterocycles. The molecular weight excluding hydrogens is 261 g/mol. The van der Waals surface area contributed by atoms with E-state index in [-0.39, 0.29) is 16.3 Å². The second-order valence-electron chi connectivity index (χ2n) is 5.97. The third kappa shape index (κ3) is 3.29. The van der Waals surface area contributed by atoms with Crippen LogP contribution in [0.1, 0.15) is 44.6 Å². The minimum absolute atomic E-state index is 0.223. The summed E-state index contributed by atoms with van der Waals surface area (Å²) >= 11 is 5.87. The summed E-state index contributed by atoms with van der Waals surface area (Å²) in [6.45, 7) is 2.33. The molecule has 19 heavy (non-hydrogen) atoms. The lowest BCUT2D eigenvalue weighted by atomic mass is 9.69. The Hall–Kier alpha value is -0.600. The number of likely N-dealkylation sites (N-methyl/N-ethyl adjacent to an activating group) is 1. The van der Waals surface area contributed by atoms with Crippen LogP contribution in [0.2, 0.25) is 5.02 Å². The van der Waals surface area contributed by atoms with Crippen LogP contribution in [0.15, 0.2) is 18.2 Å². The van der Waals surface area contributed by atoms with Crippen LogP contribution >= 0.6 is 11.6 Å². The van der Waals surface area contributed by atoms with Gasteiger partial charge in [0.25, 0.3) is 0 Å². The van der Waals surface area contributed by atoms with Crippen molar-refractivity contribution in [3.05, 3.63) is 34.6 Å².